The van der Waals surface area contributed by atoms with Crippen LogP contribution in [0.2, 0.25) is 0 Å². The molecule has 0 saturated heterocycles. The van der Waals surface area contributed by atoms with E-state index in [9.17, 15) is 0 Å². The van der Waals surface area contributed by atoms with Crippen molar-refractivity contribution in [1.82, 2.24) is 5.32 Å². The summed E-state index contributed by atoms with van der Waals surface area (Å²) in [5.41, 5.74) is 2.73. The van der Waals surface area contributed by atoms with Crippen LogP contribution in [0.1, 0.15) is 31.9 Å². The molecule has 0 aliphatic heterocycles. The van der Waals surface area contributed by atoms with Gasteiger partial charge in [-0.25, -0.2) is 0 Å². The van der Waals surface area contributed by atoms with E-state index in [4.69, 9.17) is 5.11 Å². The minimum absolute atomic E-state index is 0.128. The van der Waals surface area contributed by atoms with E-state index in [1.54, 1.807) is 11.8 Å². The van der Waals surface area contributed by atoms with Gasteiger partial charge in [-0.2, -0.15) is 0 Å². The van der Waals surface area contributed by atoms with Gasteiger partial charge < -0.3 is 10.4 Å². The van der Waals surface area contributed by atoms with Crippen LogP contribution in [0.5, 0.6) is 0 Å². The topological polar surface area (TPSA) is 32.3 Å². The predicted molar refractivity (Wildman–Crippen MR) is 75.6 cm³/mol. The van der Waals surface area contributed by atoms with Crippen LogP contribution >= 0.6 is 11.8 Å². The molecule has 0 bridgehead atoms. The Hall–Kier alpha value is -0.510. The van der Waals surface area contributed by atoms with Crippen molar-refractivity contribution in [2.75, 3.05) is 12.4 Å². The highest BCUT2D eigenvalue weighted by Gasteiger charge is 2.10. The number of hydrogen-bond acceptors (Lipinski definition) is 3. The van der Waals surface area contributed by atoms with Crippen LogP contribution in [-0.4, -0.2) is 23.0 Å². The zero-order valence-corrected chi connectivity index (χ0v) is 12.0. The Bertz CT molecular complexity index is 358. The van der Waals surface area contributed by atoms with Crippen LogP contribution < -0.4 is 5.32 Å². The molecule has 3 heteroatoms. The maximum absolute atomic E-state index is 8.90. The summed E-state index contributed by atoms with van der Waals surface area (Å²) < 4.78 is 0. The number of rotatable bonds is 5. The number of aliphatic hydroxyl groups excluding tert-OH is 1. The Morgan fingerprint density at radius 3 is 2.59 bits per heavy atom. The minimum atomic E-state index is 0.128. The van der Waals surface area contributed by atoms with Crippen molar-refractivity contribution in [3.63, 3.8) is 0 Å². The zero-order chi connectivity index (χ0) is 12.9. The molecule has 0 unspecified atom stereocenters. The summed E-state index contributed by atoms with van der Waals surface area (Å²) in [7, 11) is 0. The van der Waals surface area contributed by atoms with Crippen molar-refractivity contribution in [1.29, 1.82) is 0 Å². The lowest BCUT2D eigenvalue weighted by Gasteiger charge is -2.21. The molecular weight excluding hydrogens is 230 g/mol. The Morgan fingerprint density at radius 1 is 1.29 bits per heavy atom. The number of aryl methyl sites for hydroxylation is 1. The molecule has 0 amide bonds. The quantitative estimate of drug-likeness (QED) is 0.791. The molecule has 2 N–H and O–H groups in total. The molecule has 17 heavy (non-hydrogen) atoms. The van der Waals surface area contributed by atoms with Gasteiger partial charge in [0.05, 0.1) is 6.61 Å². The van der Waals surface area contributed by atoms with Crippen molar-refractivity contribution in [2.45, 2.75) is 44.7 Å². The molecule has 0 aliphatic rings. The molecule has 0 aliphatic carbocycles. The molecule has 1 aromatic rings. The van der Waals surface area contributed by atoms with E-state index >= 15 is 0 Å². The van der Waals surface area contributed by atoms with Crippen molar-refractivity contribution < 1.29 is 5.11 Å². The Morgan fingerprint density at radius 2 is 2.00 bits per heavy atom. The molecule has 0 aromatic heterocycles. The van der Waals surface area contributed by atoms with Gasteiger partial charge in [-0.05, 0) is 39.3 Å². The van der Waals surface area contributed by atoms with Gasteiger partial charge in [0.2, 0.25) is 0 Å². The van der Waals surface area contributed by atoms with E-state index in [1.807, 2.05) is 0 Å². The molecule has 0 fully saturated rings. The van der Waals surface area contributed by atoms with Crippen LogP contribution in [0.4, 0.5) is 0 Å². The normalized spacial score (nSPS) is 11.8. The first-order valence-electron chi connectivity index (χ1n) is 6.00. The SMILES string of the molecule is Cc1ccc(SCCO)c(CNC(C)(C)C)c1. The van der Waals surface area contributed by atoms with Gasteiger partial charge >= 0.3 is 0 Å². The van der Waals surface area contributed by atoms with Crippen molar-refractivity contribution >= 4 is 11.8 Å². The monoisotopic (exact) mass is 253 g/mol. The minimum Gasteiger partial charge on any atom is -0.396 e. The maximum atomic E-state index is 8.90. The number of benzene rings is 1. The lowest BCUT2D eigenvalue weighted by Crippen LogP contribution is -2.35. The fourth-order valence-electron chi connectivity index (χ4n) is 1.50. The Kier molecular flexibility index (Phi) is 5.50. The third kappa shape index (κ3) is 5.57. The fourth-order valence-corrected chi connectivity index (χ4v) is 2.30. The second kappa shape index (κ2) is 6.43. The van der Waals surface area contributed by atoms with E-state index in [0.29, 0.717) is 0 Å². The van der Waals surface area contributed by atoms with Gasteiger partial charge in [-0.3, -0.25) is 0 Å². The fraction of sp³-hybridized carbons (Fsp3) is 0.571. The van der Waals surface area contributed by atoms with Gasteiger partial charge in [-0.15, -0.1) is 11.8 Å². The first-order chi connectivity index (χ1) is 7.92. The molecule has 96 valence electrons. The first-order valence-corrected chi connectivity index (χ1v) is 6.99. The number of thioether (sulfide) groups is 1. The summed E-state index contributed by atoms with van der Waals surface area (Å²) in [5.74, 6) is 0.756. The average molecular weight is 253 g/mol. The third-order valence-corrected chi connectivity index (χ3v) is 3.47. The lowest BCUT2D eigenvalue weighted by atomic mass is 10.1. The van der Waals surface area contributed by atoms with Crippen LogP contribution in [0.15, 0.2) is 23.1 Å². The summed E-state index contributed by atoms with van der Waals surface area (Å²) in [5, 5.41) is 12.4. The van der Waals surface area contributed by atoms with Gasteiger partial charge in [-0.1, -0.05) is 17.7 Å². The molecule has 1 aromatic carbocycles. The molecule has 0 saturated carbocycles. The standard InChI is InChI=1S/C14H23NOS/c1-11-5-6-13(17-8-7-16)12(9-11)10-15-14(2,3)4/h5-6,9,15-16H,7-8,10H2,1-4H3. The number of aliphatic hydroxyl groups is 1. The van der Waals surface area contributed by atoms with E-state index in [-0.39, 0.29) is 12.1 Å². The predicted octanol–water partition coefficient (Wildman–Crippen LogP) is 2.97. The molecule has 0 spiro atoms. The van der Waals surface area contributed by atoms with Gasteiger partial charge in [0.1, 0.15) is 0 Å². The van der Waals surface area contributed by atoms with Crippen LogP contribution in [0.25, 0.3) is 0 Å². The zero-order valence-electron chi connectivity index (χ0n) is 11.2. The van der Waals surface area contributed by atoms with Gasteiger partial charge in [0.15, 0.2) is 0 Å². The highest BCUT2D eigenvalue weighted by molar-refractivity contribution is 7.99. The number of hydrogen-bond donors (Lipinski definition) is 2. The average Bonchev–Trinajstić information content (AvgIpc) is 2.24. The van der Waals surface area contributed by atoms with Gasteiger partial charge in [0.25, 0.3) is 0 Å². The van der Waals surface area contributed by atoms with E-state index in [1.165, 1.54) is 16.0 Å². The largest absolute Gasteiger partial charge is 0.396 e. The molecule has 1 rings (SSSR count). The van der Waals surface area contributed by atoms with Crippen LogP contribution in [0, 0.1) is 6.92 Å². The molecule has 0 heterocycles. The second-order valence-electron chi connectivity index (χ2n) is 5.29. The number of nitrogens with one attached hydrogen (secondary N) is 1. The van der Waals surface area contributed by atoms with Crippen LogP contribution in [-0.2, 0) is 6.54 Å². The highest BCUT2D eigenvalue weighted by Crippen LogP contribution is 2.24. The lowest BCUT2D eigenvalue weighted by molar-refractivity contribution is 0.322. The highest BCUT2D eigenvalue weighted by atomic mass is 32.2. The summed E-state index contributed by atoms with van der Waals surface area (Å²) in [4.78, 5) is 1.27. The second-order valence-corrected chi connectivity index (χ2v) is 6.42. The van der Waals surface area contributed by atoms with Crippen molar-refractivity contribution in [3.05, 3.63) is 29.3 Å². The molecule has 0 atom stereocenters. The van der Waals surface area contributed by atoms with E-state index in [2.05, 4.69) is 51.2 Å². The summed E-state index contributed by atoms with van der Waals surface area (Å²) in [6.07, 6.45) is 0. The Balaban J connectivity index is 2.76. The first kappa shape index (κ1) is 14.6. The smallest absolute Gasteiger partial charge is 0.0525 e. The summed E-state index contributed by atoms with van der Waals surface area (Å²) >= 11 is 1.72. The molecule has 0 radical (unpaired) electrons. The third-order valence-electron chi connectivity index (χ3n) is 2.37. The summed E-state index contributed by atoms with van der Waals surface area (Å²) in [6.45, 7) is 9.72. The van der Waals surface area contributed by atoms with E-state index < -0.39 is 0 Å². The molecular formula is C14H23NOS. The van der Waals surface area contributed by atoms with Crippen molar-refractivity contribution in [2.24, 2.45) is 0 Å². The van der Waals surface area contributed by atoms with E-state index in [0.717, 1.165) is 12.3 Å². The maximum Gasteiger partial charge on any atom is 0.0525 e. The van der Waals surface area contributed by atoms with Gasteiger partial charge in [0, 0.05) is 22.7 Å². The van der Waals surface area contributed by atoms with Crippen LogP contribution in [0.3, 0.4) is 0 Å². The summed E-state index contributed by atoms with van der Waals surface area (Å²) in [6, 6.07) is 6.49. The van der Waals surface area contributed by atoms with Crippen molar-refractivity contribution in [3.8, 4) is 0 Å². The molecule has 2 nitrogen and oxygen atoms in total. The Labute approximate surface area is 109 Å².